The number of carbonyl (C=O) groups is 6. The van der Waals surface area contributed by atoms with Crippen LogP contribution in [0.25, 0.3) is 0 Å². The summed E-state index contributed by atoms with van der Waals surface area (Å²) in [5.41, 5.74) is 12.9. The molecule has 16 nitrogen and oxygen atoms in total. The van der Waals surface area contributed by atoms with Crippen LogP contribution in [0, 0.1) is 0 Å². The molecule has 0 bridgehead atoms. The van der Waals surface area contributed by atoms with Crippen molar-refractivity contribution < 1.29 is 38.2 Å². The molecule has 1 aliphatic carbocycles. The number of ether oxygens (including phenoxy) is 2. The highest BCUT2D eigenvalue weighted by atomic mass is 16.6. The summed E-state index contributed by atoms with van der Waals surface area (Å²) < 4.78 is 10.4. The molecule has 2 atom stereocenters. The molecular formula is C40H60N8O8. The van der Waals surface area contributed by atoms with E-state index in [0.29, 0.717) is 74.1 Å². The van der Waals surface area contributed by atoms with E-state index in [4.69, 9.17) is 20.9 Å². The first-order chi connectivity index (χ1) is 26.4. The second kappa shape index (κ2) is 21.2. The maximum atomic E-state index is 13.8. The van der Waals surface area contributed by atoms with Gasteiger partial charge in [0.15, 0.2) is 11.6 Å². The third-order valence-corrected chi connectivity index (χ3v) is 8.45. The fraction of sp³-hybridized carbons (Fsp3) is 0.550. The smallest absolute Gasteiger partial charge is 0.407 e. The van der Waals surface area contributed by atoms with Crippen LogP contribution in [0.15, 0.2) is 36.4 Å². The summed E-state index contributed by atoms with van der Waals surface area (Å²) in [6.45, 7) is 12.5. The van der Waals surface area contributed by atoms with Crippen molar-refractivity contribution >= 4 is 46.9 Å². The van der Waals surface area contributed by atoms with Crippen LogP contribution in [0.5, 0.6) is 0 Å². The summed E-state index contributed by atoms with van der Waals surface area (Å²) >= 11 is 0. The normalized spacial score (nSPS) is 13.4. The van der Waals surface area contributed by atoms with E-state index in [0.717, 1.165) is 0 Å². The Morgan fingerprint density at radius 3 is 1.29 bits per heavy atom. The van der Waals surface area contributed by atoms with Gasteiger partial charge in [0.2, 0.25) is 11.8 Å². The lowest BCUT2D eigenvalue weighted by Crippen LogP contribution is -2.42. The van der Waals surface area contributed by atoms with Gasteiger partial charge in [0, 0.05) is 61.8 Å². The number of nitrogens with one attached hydrogen (secondary N) is 6. The zero-order chi connectivity index (χ0) is 41.5. The Hall–Kier alpha value is -5.22. The number of fused-ring (bicyclic) bond motifs is 2. The highest BCUT2D eigenvalue weighted by Crippen LogP contribution is 2.36. The molecule has 308 valence electrons. The summed E-state index contributed by atoms with van der Waals surface area (Å²) in [5.74, 6) is -1.27. The predicted octanol–water partition coefficient (Wildman–Crippen LogP) is 3.56. The van der Waals surface area contributed by atoms with E-state index < -0.39 is 35.5 Å². The van der Waals surface area contributed by atoms with Gasteiger partial charge in [-0.05, 0) is 92.2 Å². The fourth-order valence-electron chi connectivity index (χ4n) is 5.80. The quantitative estimate of drug-likeness (QED) is 0.0768. The number of rotatable bonds is 20. The van der Waals surface area contributed by atoms with Gasteiger partial charge < -0.3 is 52.8 Å². The molecular weight excluding hydrogens is 720 g/mol. The number of unbranched alkanes of at least 4 members (excludes halogenated alkanes) is 2. The number of nitrogens with two attached hydrogens (primary N) is 2. The molecule has 0 radical (unpaired) electrons. The van der Waals surface area contributed by atoms with Crippen molar-refractivity contribution in [3.05, 3.63) is 58.7 Å². The van der Waals surface area contributed by atoms with Gasteiger partial charge in [0.25, 0.3) is 0 Å². The molecule has 0 aliphatic heterocycles. The van der Waals surface area contributed by atoms with Crippen LogP contribution in [0.3, 0.4) is 0 Å². The average Bonchev–Trinajstić information content (AvgIpc) is 3.12. The Morgan fingerprint density at radius 2 is 0.929 bits per heavy atom. The van der Waals surface area contributed by atoms with Gasteiger partial charge in [0.05, 0.1) is 23.2 Å². The number of ketones is 2. The van der Waals surface area contributed by atoms with E-state index >= 15 is 0 Å². The van der Waals surface area contributed by atoms with Crippen LogP contribution in [0.4, 0.5) is 21.0 Å². The minimum absolute atomic E-state index is 0.213. The van der Waals surface area contributed by atoms with Crippen LogP contribution in [0.2, 0.25) is 0 Å². The molecule has 0 fully saturated rings. The molecule has 0 saturated carbocycles. The molecule has 4 amide bonds. The Balaban J connectivity index is 1.49. The van der Waals surface area contributed by atoms with E-state index in [1.54, 1.807) is 77.9 Å². The third-order valence-electron chi connectivity index (χ3n) is 8.45. The van der Waals surface area contributed by atoms with Gasteiger partial charge in [0.1, 0.15) is 11.2 Å². The number of amides is 4. The minimum atomic E-state index is -0.731. The van der Waals surface area contributed by atoms with Gasteiger partial charge in [-0.3, -0.25) is 19.2 Å². The summed E-state index contributed by atoms with van der Waals surface area (Å²) in [6, 6.07) is 8.58. The van der Waals surface area contributed by atoms with Gasteiger partial charge >= 0.3 is 12.2 Å². The maximum Gasteiger partial charge on any atom is 0.407 e. The molecule has 3 rings (SSSR count). The maximum absolute atomic E-state index is 13.8. The van der Waals surface area contributed by atoms with Crippen molar-refractivity contribution in [1.29, 1.82) is 0 Å². The molecule has 1 aliphatic rings. The first-order valence-corrected chi connectivity index (χ1v) is 19.2. The van der Waals surface area contributed by atoms with Crippen LogP contribution in [-0.4, -0.2) is 98.1 Å². The SMILES string of the molecule is CC(C)(C)OC(=O)NCCCC[C@@H](N)C(=O)NCCNc1ccc(NCCNC(=O)[C@H](N)CCCCNC(=O)OC(C)(C)C)c2c1C(=O)c1ccccc1C2=O. The number of anilines is 2. The highest BCUT2D eigenvalue weighted by molar-refractivity contribution is 6.31. The molecule has 56 heavy (non-hydrogen) atoms. The summed E-state index contributed by atoms with van der Waals surface area (Å²) in [7, 11) is 0. The van der Waals surface area contributed by atoms with Crippen molar-refractivity contribution in [2.24, 2.45) is 11.5 Å². The predicted molar refractivity (Wildman–Crippen MR) is 215 cm³/mol. The van der Waals surface area contributed by atoms with E-state index in [1.807, 2.05) is 0 Å². The van der Waals surface area contributed by atoms with Crippen LogP contribution < -0.4 is 43.4 Å². The van der Waals surface area contributed by atoms with Gasteiger partial charge in [-0.2, -0.15) is 0 Å². The number of hydrogen-bond acceptors (Lipinski definition) is 12. The first kappa shape index (κ1) is 45.2. The van der Waals surface area contributed by atoms with Gasteiger partial charge in [-0.15, -0.1) is 0 Å². The largest absolute Gasteiger partial charge is 0.444 e. The average molecular weight is 781 g/mol. The van der Waals surface area contributed by atoms with Gasteiger partial charge in [-0.25, -0.2) is 9.59 Å². The Morgan fingerprint density at radius 1 is 0.554 bits per heavy atom. The number of carbonyl (C=O) groups excluding carboxylic acids is 6. The van der Waals surface area contributed by atoms with Crippen molar-refractivity contribution in [1.82, 2.24) is 21.3 Å². The van der Waals surface area contributed by atoms with Crippen LogP contribution >= 0.6 is 0 Å². The lowest BCUT2D eigenvalue weighted by atomic mass is 9.82. The monoisotopic (exact) mass is 780 g/mol. The first-order valence-electron chi connectivity index (χ1n) is 19.2. The standard InChI is InChI=1S/C40H60N8O8/c1-39(2,3)55-37(53)47-19-11-9-15-27(41)35(51)45-23-21-43-29-17-18-30(32-31(29)33(49)25-13-7-8-14-26(25)34(32)50)44-22-24-46-36(52)28(42)16-10-12-20-48-38(54)56-40(4,5)6/h7-8,13-14,17-18,27-28,43-44H,9-12,15-16,19-24,41-42H2,1-6H3,(H,45,51)(H,46,52)(H,47,53)(H,48,54)/t27-,28-/m1/s1. The van der Waals surface area contributed by atoms with Crippen LogP contribution in [0.1, 0.15) is 112 Å². The van der Waals surface area contributed by atoms with Gasteiger partial charge in [-0.1, -0.05) is 24.3 Å². The van der Waals surface area contributed by atoms with Crippen molar-refractivity contribution in [3.63, 3.8) is 0 Å². The molecule has 0 heterocycles. The lowest BCUT2D eigenvalue weighted by molar-refractivity contribution is -0.123. The van der Waals surface area contributed by atoms with E-state index in [-0.39, 0.29) is 60.7 Å². The molecule has 0 unspecified atom stereocenters. The van der Waals surface area contributed by atoms with E-state index in [9.17, 15) is 28.8 Å². The second-order valence-corrected chi connectivity index (χ2v) is 15.6. The zero-order valence-corrected chi connectivity index (χ0v) is 33.5. The summed E-state index contributed by atoms with van der Waals surface area (Å²) in [6.07, 6.45) is 2.41. The summed E-state index contributed by atoms with van der Waals surface area (Å²) in [5, 5.41) is 17.3. The molecule has 16 heteroatoms. The fourth-order valence-corrected chi connectivity index (χ4v) is 5.80. The van der Waals surface area contributed by atoms with Crippen LogP contribution in [-0.2, 0) is 19.1 Å². The molecule has 2 aromatic carbocycles. The van der Waals surface area contributed by atoms with Crippen molar-refractivity contribution in [3.8, 4) is 0 Å². The Kier molecular flexibility index (Phi) is 17.1. The lowest BCUT2D eigenvalue weighted by Gasteiger charge is -2.24. The Labute approximate surface area is 329 Å². The number of alkyl carbamates (subject to hydrolysis) is 2. The van der Waals surface area contributed by atoms with E-state index in [2.05, 4.69) is 31.9 Å². The topological polar surface area (TPSA) is 245 Å². The summed E-state index contributed by atoms with van der Waals surface area (Å²) in [4.78, 5) is 76.3. The van der Waals surface area contributed by atoms with E-state index in [1.165, 1.54) is 0 Å². The molecule has 0 saturated heterocycles. The minimum Gasteiger partial charge on any atom is -0.444 e. The molecule has 2 aromatic rings. The zero-order valence-electron chi connectivity index (χ0n) is 33.5. The Bertz CT molecular complexity index is 1580. The van der Waals surface area contributed by atoms with Crippen molar-refractivity contribution in [2.45, 2.75) is 103 Å². The van der Waals surface area contributed by atoms with Crippen molar-refractivity contribution in [2.75, 3.05) is 49.9 Å². The molecule has 10 N–H and O–H groups in total. The molecule has 0 spiro atoms. The molecule has 0 aromatic heterocycles. The second-order valence-electron chi connectivity index (χ2n) is 15.6. The number of benzene rings is 2. The highest BCUT2D eigenvalue weighted by Gasteiger charge is 2.34. The third kappa shape index (κ3) is 14.8. The number of hydrogen-bond donors (Lipinski definition) is 8.